The van der Waals surface area contributed by atoms with Crippen molar-refractivity contribution in [3.8, 4) is 0 Å². The van der Waals surface area contributed by atoms with E-state index in [2.05, 4.69) is 4.84 Å². The van der Waals surface area contributed by atoms with E-state index < -0.39 is 18.9 Å². The number of hydroxylamine groups is 2. The van der Waals surface area contributed by atoms with Gasteiger partial charge >= 0.3 is 12.3 Å². The Kier molecular flexibility index (Phi) is 3.74. The van der Waals surface area contributed by atoms with Crippen LogP contribution in [0.3, 0.4) is 0 Å². The topological polar surface area (TPSA) is 12.5 Å². The number of hydrogen-bond donors (Lipinski definition) is 0. The Morgan fingerprint density at radius 1 is 1.45 bits per heavy atom. The van der Waals surface area contributed by atoms with Crippen molar-refractivity contribution in [1.82, 2.24) is 5.06 Å². The van der Waals surface area contributed by atoms with Gasteiger partial charge in [0.25, 0.3) is 0 Å². The van der Waals surface area contributed by atoms with E-state index in [1.54, 1.807) is 0 Å². The molecule has 6 heteroatoms. The summed E-state index contributed by atoms with van der Waals surface area (Å²) in [6.45, 7) is -1.11. The van der Waals surface area contributed by atoms with Crippen molar-refractivity contribution in [3.05, 3.63) is 0 Å². The molecule has 0 amide bonds. The number of nitrogens with zero attached hydrogens (tertiary/aromatic N) is 1. The maximum atomic E-state index is 12.1. The van der Waals surface area contributed by atoms with Crippen molar-refractivity contribution in [1.29, 1.82) is 0 Å². The number of alkyl halides is 4. The average molecular weight is 175 g/mol. The van der Waals surface area contributed by atoms with Gasteiger partial charge in [0.05, 0.1) is 13.7 Å². The summed E-state index contributed by atoms with van der Waals surface area (Å²) in [6, 6.07) is 0. The van der Waals surface area contributed by atoms with E-state index in [1.807, 2.05) is 0 Å². The molecule has 0 aliphatic carbocycles. The van der Waals surface area contributed by atoms with E-state index in [-0.39, 0.29) is 0 Å². The molecule has 0 radical (unpaired) electrons. The second-order valence-electron chi connectivity index (χ2n) is 2.03. The average Bonchev–Trinajstić information content (AvgIpc) is 1.86. The van der Waals surface area contributed by atoms with Crippen molar-refractivity contribution >= 4 is 0 Å². The highest BCUT2D eigenvalue weighted by atomic mass is 19.3. The van der Waals surface area contributed by atoms with E-state index in [0.717, 1.165) is 14.2 Å². The molecule has 0 unspecified atom stereocenters. The molecule has 0 fully saturated rings. The number of hydrogen-bond acceptors (Lipinski definition) is 2. The highest BCUT2D eigenvalue weighted by Gasteiger charge is 2.41. The predicted octanol–water partition coefficient (Wildman–Crippen LogP) is 1.38. The third-order valence-corrected chi connectivity index (χ3v) is 1.06. The third-order valence-electron chi connectivity index (χ3n) is 1.06. The summed E-state index contributed by atoms with van der Waals surface area (Å²) in [6.07, 6.45) is -3.65. The van der Waals surface area contributed by atoms with Gasteiger partial charge < -0.3 is 4.84 Å². The lowest BCUT2D eigenvalue weighted by atomic mass is 10.3. The Bertz CT molecular complexity index is 119. The zero-order valence-electron chi connectivity index (χ0n) is 6.15. The molecule has 0 aromatic rings. The zero-order chi connectivity index (χ0) is 9.07. The van der Waals surface area contributed by atoms with E-state index in [0.29, 0.717) is 5.06 Å². The van der Waals surface area contributed by atoms with E-state index >= 15 is 0 Å². The monoisotopic (exact) mass is 175 g/mol. The fraction of sp³-hybridized carbons (Fsp3) is 1.00. The molecule has 11 heavy (non-hydrogen) atoms. The van der Waals surface area contributed by atoms with Gasteiger partial charge in [0.1, 0.15) is 0 Å². The molecule has 0 saturated carbocycles. The van der Waals surface area contributed by atoms with Crippen LogP contribution in [0.25, 0.3) is 0 Å². The van der Waals surface area contributed by atoms with Crippen LogP contribution in [0.4, 0.5) is 17.6 Å². The number of halogens is 4. The summed E-state index contributed by atoms with van der Waals surface area (Å²) in [5, 5.41) is 0.645. The third kappa shape index (κ3) is 3.52. The SMILES string of the molecule is CON(C)CC(F)(F)C(F)F. The van der Waals surface area contributed by atoms with Crippen LogP contribution in [-0.4, -0.2) is 38.1 Å². The summed E-state index contributed by atoms with van der Waals surface area (Å²) in [4.78, 5) is 4.26. The van der Waals surface area contributed by atoms with Crippen molar-refractivity contribution in [2.45, 2.75) is 12.3 Å². The Hall–Kier alpha value is -0.360. The largest absolute Gasteiger partial charge is 0.322 e. The second-order valence-corrected chi connectivity index (χ2v) is 2.03. The molecular formula is C5H9F4NO. The van der Waals surface area contributed by atoms with Gasteiger partial charge in [0.2, 0.25) is 0 Å². The molecule has 2 nitrogen and oxygen atoms in total. The molecular weight excluding hydrogens is 166 g/mol. The Morgan fingerprint density at radius 2 is 1.91 bits per heavy atom. The Labute approximate surface area is 61.7 Å². The molecule has 0 aliphatic heterocycles. The summed E-state index contributed by atoms with van der Waals surface area (Å²) in [5.74, 6) is -4.01. The predicted molar refractivity (Wildman–Crippen MR) is 30.6 cm³/mol. The van der Waals surface area contributed by atoms with Gasteiger partial charge in [-0.05, 0) is 0 Å². The van der Waals surface area contributed by atoms with Crippen molar-refractivity contribution in [2.24, 2.45) is 0 Å². The van der Waals surface area contributed by atoms with Gasteiger partial charge in [-0.2, -0.15) is 13.8 Å². The smallest absolute Gasteiger partial charge is 0.302 e. The molecule has 0 aromatic carbocycles. The minimum atomic E-state index is -4.01. The van der Waals surface area contributed by atoms with Crippen molar-refractivity contribution < 1.29 is 22.4 Å². The van der Waals surface area contributed by atoms with E-state index in [9.17, 15) is 17.6 Å². The first kappa shape index (κ1) is 10.6. The van der Waals surface area contributed by atoms with Gasteiger partial charge in [-0.25, -0.2) is 8.78 Å². The van der Waals surface area contributed by atoms with Crippen LogP contribution in [0, 0.1) is 0 Å². The standard InChI is InChI=1S/C5H9F4NO/c1-10(11-2)3-5(8,9)4(6)7/h4H,3H2,1-2H3. The summed E-state index contributed by atoms with van der Waals surface area (Å²) in [7, 11) is 2.28. The van der Waals surface area contributed by atoms with Crippen LogP contribution in [-0.2, 0) is 4.84 Å². The highest BCUT2D eigenvalue weighted by molar-refractivity contribution is 4.70. The van der Waals surface area contributed by atoms with Gasteiger partial charge in [0.15, 0.2) is 0 Å². The van der Waals surface area contributed by atoms with Crippen LogP contribution in [0.15, 0.2) is 0 Å². The molecule has 0 N–H and O–H groups in total. The maximum absolute atomic E-state index is 12.1. The first-order valence-electron chi connectivity index (χ1n) is 2.81. The lowest BCUT2D eigenvalue weighted by Crippen LogP contribution is -2.39. The molecule has 0 heterocycles. The van der Waals surface area contributed by atoms with Gasteiger partial charge in [0, 0.05) is 7.05 Å². The fourth-order valence-corrected chi connectivity index (χ4v) is 0.430. The van der Waals surface area contributed by atoms with E-state index in [4.69, 9.17) is 0 Å². The first-order valence-corrected chi connectivity index (χ1v) is 2.81. The lowest BCUT2D eigenvalue weighted by molar-refractivity contribution is -0.203. The van der Waals surface area contributed by atoms with Crippen LogP contribution < -0.4 is 0 Å². The molecule has 0 aliphatic rings. The summed E-state index contributed by atoms with van der Waals surface area (Å²) in [5.41, 5.74) is 0. The fourth-order valence-electron chi connectivity index (χ4n) is 0.430. The number of rotatable bonds is 4. The first-order chi connectivity index (χ1) is 4.90. The molecule has 0 spiro atoms. The van der Waals surface area contributed by atoms with Crippen LogP contribution in [0.5, 0.6) is 0 Å². The van der Waals surface area contributed by atoms with E-state index in [1.165, 1.54) is 0 Å². The minimum Gasteiger partial charge on any atom is -0.302 e. The molecule has 0 saturated heterocycles. The van der Waals surface area contributed by atoms with Gasteiger partial charge in [-0.3, -0.25) is 0 Å². The molecule has 0 bridgehead atoms. The Balaban J connectivity index is 3.90. The van der Waals surface area contributed by atoms with Gasteiger partial charge in [-0.15, -0.1) is 0 Å². The summed E-state index contributed by atoms with van der Waals surface area (Å²) >= 11 is 0. The normalized spacial score (nSPS) is 13.1. The summed E-state index contributed by atoms with van der Waals surface area (Å²) < 4.78 is 47.2. The quantitative estimate of drug-likeness (QED) is 0.472. The highest BCUT2D eigenvalue weighted by Crippen LogP contribution is 2.23. The Morgan fingerprint density at radius 3 is 2.18 bits per heavy atom. The zero-order valence-corrected chi connectivity index (χ0v) is 6.15. The maximum Gasteiger partial charge on any atom is 0.322 e. The minimum absolute atomic E-state index is 0.645. The van der Waals surface area contributed by atoms with Crippen LogP contribution >= 0.6 is 0 Å². The van der Waals surface area contributed by atoms with Crippen molar-refractivity contribution in [2.75, 3.05) is 20.7 Å². The van der Waals surface area contributed by atoms with Crippen molar-refractivity contribution in [3.63, 3.8) is 0 Å². The molecule has 0 aromatic heterocycles. The molecule has 0 rings (SSSR count). The van der Waals surface area contributed by atoms with Crippen LogP contribution in [0.1, 0.15) is 0 Å². The molecule has 68 valence electrons. The molecule has 0 atom stereocenters. The van der Waals surface area contributed by atoms with Gasteiger partial charge in [-0.1, -0.05) is 0 Å². The van der Waals surface area contributed by atoms with Crippen LogP contribution in [0.2, 0.25) is 0 Å². The second kappa shape index (κ2) is 3.87. The lowest BCUT2D eigenvalue weighted by Gasteiger charge is -2.20.